The van der Waals surface area contributed by atoms with Gasteiger partial charge in [-0.3, -0.25) is 9.79 Å². The van der Waals surface area contributed by atoms with Gasteiger partial charge < -0.3 is 14.8 Å². The fourth-order valence-electron chi connectivity index (χ4n) is 2.05. The number of nitriles is 1. The fraction of sp³-hybridized carbons (Fsp3) is 0.167. The Labute approximate surface area is 165 Å². The summed E-state index contributed by atoms with van der Waals surface area (Å²) in [6.07, 6.45) is 1.11. The molecule has 0 saturated carbocycles. The maximum atomic E-state index is 13.7. The number of hydrogen-bond acceptors (Lipinski definition) is 5. The number of nitrogens with zero attached hydrogens (tertiary/aromatic N) is 2. The largest absolute Gasteiger partial charge is 0.495 e. The van der Waals surface area contributed by atoms with Gasteiger partial charge >= 0.3 is 0 Å². The molecule has 1 atom stereocenters. The highest BCUT2D eigenvalue weighted by molar-refractivity contribution is 6.37. The minimum absolute atomic E-state index is 0.0647. The van der Waals surface area contributed by atoms with Crippen LogP contribution in [0.25, 0.3) is 0 Å². The van der Waals surface area contributed by atoms with Gasteiger partial charge in [0.15, 0.2) is 17.5 Å². The molecule has 0 fully saturated rings. The Kier molecular flexibility index (Phi) is 6.99. The number of anilines is 1. The molecule has 0 aromatic heterocycles. The average molecular weight is 410 g/mol. The summed E-state index contributed by atoms with van der Waals surface area (Å²) in [6, 6.07) is 8.67. The number of hydrogen-bond donors (Lipinski definition) is 1. The molecule has 0 aliphatic carbocycles. The number of ether oxygens (including phenoxy) is 2. The van der Waals surface area contributed by atoms with E-state index in [2.05, 4.69) is 10.3 Å². The van der Waals surface area contributed by atoms with E-state index in [4.69, 9.17) is 32.7 Å². The van der Waals surface area contributed by atoms with Crippen LogP contribution < -0.4 is 14.8 Å². The predicted octanol–water partition coefficient (Wildman–Crippen LogP) is 4.63. The van der Waals surface area contributed by atoms with Crippen LogP contribution in [0.4, 0.5) is 15.8 Å². The van der Waals surface area contributed by atoms with E-state index in [0.717, 1.165) is 12.3 Å². The Morgan fingerprint density at radius 2 is 1.93 bits per heavy atom. The van der Waals surface area contributed by atoms with Crippen molar-refractivity contribution in [3.63, 3.8) is 0 Å². The molecule has 0 radical (unpaired) electrons. The number of nitrogens with one attached hydrogen (secondary N) is 1. The van der Waals surface area contributed by atoms with Crippen LogP contribution in [-0.4, -0.2) is 26.3 Å². The molecule has 2 aromatic rings. The van der Waals surface area contributed by atoms with Crippen LogP contribution in [0, 0.1) is 23.1 Å². The second-order valence-electron chi connectivity index (χ2n) is 5.16. The van der Waals surface area contributed by atoms with Crippen molar-refractivity contribution in [2.75, 3.05) is 19.5 Å². The zero-order valence-electron chi connectivity index (χ0n) is 14.3. The topological polar surface area (TPSA) is 83.7 Å². The molecular formula is C18H14Cl2FN3O3. The Hall–Kier alpha value is -2.82. The van der Waals surface area contributed by atoms with Crippen molar-refractivity contribution < 1.29 is 18.7 Å². The van der Waals surface area contributed by atoms with Crippen molar-refractivity contribution in [1.29, 1.82) is 5.26 Å². The Balaban J connectivity index is 2.17. The lowest BCUT2D eigenvalue weighted by Gasteiger charge is -2.11. The zero-order valence-corrected chi connectivity index (χ0v) is 15.8. The summed E-state index contributed by atoms with van der Waals surface area (Å²) in [5.41, 5.74) is 0.458. The fourth-order valence-corrected chi connectivity index (χ4v) is 2.56. The van der Waals surface area contributed by atoms with Crippen molar-refractivity contribution in [2.24, 2.45) is 10.9 Å². The minimum Gasteiger partial charge on any atom is -0.495 e. The van der Waals surface area contributed by atoms with Crippen molar-refractivity contribution in [2.45, 2.75) is 0 Å². The summed E-state index contributed by atoms with van der Waals surface area (Å²) in [7, 11) is 2.76. The highest BCUT2D eigenvalue weighted by Gasteiger charge is 2.18. The molecule has 0 aliphatic rings. The van der Waals surface area contributed by atoms with E-state index in [1.807, 2.05) is 6.07 Å². The lowest BCUT2D eigenvalue weighted by atomic mass is 10.1. The number of aliphatic imine (C=N–C) groups is 1. The normalized spacial score (nSPS) is 11.7. The Morgan fingerprint density at radius 1 is 1.22 bits per heavy atom. The third kappa shape index (κ3) is 5.09. The van der Waals surface area contributed by atoms with Gasteiger partial charge in [0, 0.05) is 18.3 Å². The number of methoxy groups -OCH3 is 2. The summed E-state index contributed by atoms with van der Waals surface area (Å²) in [5.74, 6) is -2.12. The quantitative estimate of drug-likeness (QED) is 0.704. The smallest absolute Gasteiger partial charge is 0.247 e. The van der Waals surface area contributed by atoms with Crippen molar-refractivity contribution >= 4 is 46.7 Å². The molecule has 1 N–H and O–H groups in total. The molecule has 0 spiro atoms. The Bertz CT molecular complexity index is 929. The highest BCUT2D eigenvalue weighted by atomic mass is 35.5. The van der Waals surface area contributed by atoms with E-state index in [1.165, 1.54) is 38.5 Å². The SMILES string of the molecule is COc1ccc(N=CC(C#N)C(=O)Nc2cc(OC)c(Cl)cc2Cl)cc1F. The monoisotopic (exact) mass is 409 g/mol. The Morgan fingerprint density at radius 3 is 2.52 bits per heavy atom. The van der Waals surface area contributed by atoms with E-state index >= 15 is 0 Å². The van der Waals surface area contributed by atoms with Gasteiger partial charge in [-0.25, -0.2) is 4.39 Å². The van der Waals surface area contributed by atoms with Crippen LogP contribution in [0.2, 0.25) is 10.0 Å². The number of amides is 1. The predicted molar refractivity (Wildman–Crippen MR) is 102 cm³/mol. The zero-order chi connectivity index (χ0) is 20.0. The maximum absolute atomic E-state index is 13.7. The first-order valence-corrected chi connectivity index (χ1v) is 8.26. The van der Waals surface area contributed by atoms with Gasteiger partial charge in [-0.2, -0.15) is 5.26 Å². The van der Waals surface area contributed by atoms with Crippen molar-refractivity contribution in [3.05, 3.63) is 46.2 Å². The lowest BCUT2D eigenvalue weighted by Crippen LogP contribution is -2.22. The van der Waals surface area contributed by atoms with Gasteiger partial charge in [0.1, 0.15) is 5.75 Å². The highest BCUT2D eigenvalue weighted by Crippen LogP contribution is 2.34. The third-order valence-electron chi connectivity index (χ3n) is 3.43. The molecule has 140 valence electrons. The molecule has 0 heterocycles. The standard InChI is InChI=1S/C18H14Cl2FN3O3/c1-26-16-4-3-11(5-14(16)21)23-9-10(8-22)18(25)24-15-7-17(27-2)13(20)6-12(15)19/h3-7,9-10H,1-2H3,(H,24,25). The molecule has 27 heavy (non-hydrogen) atoms. The van der Waals surface area contributed by atoms with Gasteiger partial charge in [-0.05, 0) is 18.2 Å². The number of halogens is 3. The van der Waals surface area contributed by atoms with Crippen LogP contribution in [0.1, 0.15) is 0 Å². The van der Waals surface area contributed by atoms with E-state index < -0.39 is 17.6 Å². The number of rotatable bonds is 6. The number of carbonyl (C=O) groups is 1. The summed E-state index contributed by atoms with van der Waals surface area (Å²) in [4.78, 5) is 16.3. The summed E-state index contributed by atoms with van der Waals surface area (Å²) in [5, 5.41) is 12.2. The van der Waals surface area contributed by atoms with Gasteiger partial charge in [0.05, 0.1) is 41.7 Å². The molecule has 2 aromatic carbocycles. The van der Waals surface area contributed by atoms with Crippen LogP contribution in [0.15, 0.2) is 35.3 Å². The van der Waals surface area contributed by atoms with E-state index in [-0.39, 0.29) is 27.2 Å². The molecule has 0 bridgehead atoms. The molecule has 9 heteroatoms. The summed E-state index contributed by atoms with van der Waals surface area (Å²) in [6.45, 7) is 0. The van der Waals surface area contributed by atoms with Crippen LogP contribution in [-0.2, 0) is 4.79 Å². The minimum atomic E-state index is -1.23. The summed E-state index contributed by atoms with van der Waals surface area (Å²) < 4.78 is 23.6. The third-order valence-corrected chi connectivity index (χ3v) is 4.04. The van der Waals surface area contributed by atoms with Crippen molar-refractivity contribution in [3.8, 4) is 17.6 Å². The molecule has 1 unspecified atom stereocenters. The first-order valence-electron chi connectivity index (χ1n) is 7.50. The molecule has 2 rings (SSSR count). The second-order valence-corrected chi connectivity index (χ2v) is 5.97. The number of benzene rings is 2. The van der Waals surface area contributed by atoms with E-state index in [1.54, 1.807) is 0 Å². The molecule has 0 saturated heterocycles. The van der Waals surface area contributed by atoms with Crippen LogP contribution in [0.5, 0.6) is 11.5 Å². The van der Waals surface area contributed by atoms with Gasteiger partial charge in [-0.15, -0.1) is 0 Å². The molecule has 0 aliphatic heterocycles. The van der Waals surface area contributed by atoms with E-state index in [9.17, 15) is 14.4 Å². The average Bonchev–Trinajstić information content (AvgIpc) is 2.64. The van der Waals surface area contributed by atoms with Crippen LogP contribution in [0.3, 0.4) is 0 Å². The van der Waals surface area contributed by atoms with Crippen molar-refractivity contribution in [1.82, 2.24) is 0 Å². The molecule has 1 amide bonds. The molecular weight excluding hydrogens is 396 g/mol. The van der Waals surface area contributed by atoms with E-state index in [0.29, 0.717) is 5.75 Å². The lowest BCUT2D eigenvalue weighted by molar-refractivity contribution is -0.116. The van der Waals surface area contributed by atoms with Gasteiger partial charge in [-0.1, -0.05) is 23.2 Å². The second kappa shape index (κ2) is 9.21. The summed E-state index contributed by atoms with van der Waals surface area (Å²) >= 11 is 12.0. The van der Waals surface area contributed by atoms with Crippen LogP contribution >= 0.6 is 23.2 Å². The first-order chi connectivity index (χ1) is 12.9. The maximum Gasteiger partial charge on any atom is 0.247 e. The van der Waals surface area contributed by atoms with Gasteiger partial charge in [0.2, 0.25) is 5.91 Å². The molecule has 6 nitrogen and oxygen atoms in total. The number of carbonyl (C=O) groups excluding carboxylic acids is 1. The first kappa shape index (κ1) is 20.5. The van der Waals surface area contributed by atoms with Gasteiger partial charge in [0.25, 0.3) is 0 Å².